The van der Waals surface area contributed by atoms with Gasteiger partial charge in [-0.25, -0.2) is 0 Å². The number of rotatable bonds is 2. The number of hydrogen-bond acceptors (Lipinski definition) is 2. The first kappa shape index (κ1) is 12.2. The highest BCUT2D eigenvalue weighted by atomic mass is 15.3. The van der Waals surface area contributed by atoms with Crippen LogP contribution < -0.4 is 5.73 Å². The van der Waals surface area contributed by atoms with Gasteiger partial charge in [-0.05, 0) is 18.4 Å². The van der Waals surface area contributed by atoms with E-state index in [2.05, 4.69) is 32.8 Å². The van der Waals surface area contributed by atoms with Gasteiger partial charge in [-0.15, -0.1) is 0 Å². The molecular formula is C12H23N3. The molecule has 0 saturated carbocycles. The molecule has 86 valence electrons. The molecule has 0 aliphatic heterocycles. The second-order valence-corrected chi connectivity index (χ2v) is 5.47. The van der Waals surface area contributed by atoms with E-state index >= 15 is 0 Å². The summed E-state index contributed by atoms with van der Waals surface area (Å²) in [6.45, 7) is 10.8. The second kappa shape index (κ2) is 3.97. The van der Waals surface area contributed by atoms with Gasteiger partial charge in [0.25, 0.3) is 0 Å². The molecule has 0 radical (unpaired) electrons. The van der Waals surface area contributed by atoms with E-state index in [1.807, 2.05) is 24.9 Å². The van der Waals surface area contributed by atoms with Gasteiger partial charge in [-0.1, -0.05) is 27.7 Å². The number of aryl methyl sites for hydroxylation is 1. The zero-order valence-corrected chi connectivity index (χ0v) is 10.7. The second-order valence-electron chi connectivity index (χ2n) is 5.47. The highest BCUT2D eigenvalue weighted by Gasteiger charge is 2.26. The van der Waals surface area contributed by atoms with Crippen LogP contribution in [0.2, 0.25) is 0 Å². The Morgan fingerprint density at radius 3 is 2.27 bits per heavy atom. The van der Waals surface area contributed by atoms with Crippen LogP contribution in [0.3, 0.4) is 0 Å². The Bertz CT molecular complexity index is 331. The predicted octanol–water partition coefficient (Wildman–Crippen LogP) is 2.17. The van der Waals surface area contributed by atoms with Crippen LogP contribution in [0.15, 0.2) is 6.20 Å². The zero-order valence-electron chi connectivity index (χ0n) is 10.7. The van der Waals surface area contributed by atoms with E-state index in [0.29, 0.717) is 5.92 Å². The molecule has 0 saturated heterocycles. The van der Waals surface area contributed by atoms with Crippen molar-refractivity contribution in [2.45, 2.75) is 52.0 Å². The molecule has 0 aromatic carbocycles. The lowest BCUT2D eigenvalue weighted by Gasteiger charge is -2.24. The summed E-state index contributed by atoms with van der Waals surface area (Å²) < 4.78 is 1.97. The zero-order chi connectivity index (χ0) is 11.8. The summed E-state index contributed by atoms with van der Waals surface area (Å²) in [6, 6.07) is 0.162. The third-order valence-corrected chi connectivity index (χ3v) is 2.96. The Balaban J connectivity index is 3.21. The van der Waals surface area contributed by atoms with E-state index in [4.69, 9.17) is 5.73 Å². The van der Waals surface area contributed by atoms with Gasteiger partial charge in [0.05, 0.1) is 6.20 Å². The minimum atomic E-state index is 0.115. The van der Waals surface area contributed by atoms with E-state index in [1.54, 1.807) is 0 Å². The van der Waals surface area contributed by atoms with E-state index in [1.165, 1.54) is 11.3 Å². The van der Waals surface area contributed by atoms with Crippen molar-refractivity contribution in [1.29, 1.82) is 0 Å². The number of nitrogens with zero attached hydrogens (tertiary/aromatic N) is 2. The SMILES string of the molecule is C[C@H](N)[C@H](C)c1cnn(C)c1C(C)(C)C. The largest absolute Gasteiger partial charge is 0.327 e. The maximum absolute atomic E-state index is 5.95. The van der Waals surface area contributed by atoms with Crippen molar-refractivity contribution in [3.8, 4) is 0 Å². The molecule has 15 heavy (non-hydrogen) atoms. The average Bonchev–Trinajstić information content (AvgIpc) is 2.44. The molecule has 0 aliphatic carbocycles. The summed E-state index contributed by atoms with van der Waals surface area (Å²) in [4.78, 5) is 0. The van der Waals surface area contributed by atoms with Gasteiger partial charge in [-0.3, -0.25) is 4.68 Å². The summed E-state index contributed by atoms with van der Waals surface area (Å²) in [5.74, 6) is 0.355. The Hall–Kier alpha value is -0.830. The first-order valence-corrected chi connectivity index (χ1v) is 5.53. The maximum Gasteiger partial charge on any atom is 0.0528 e. The summed E-state index contributed by atoms with van der Waals surface area (Å²) >= 11 is 0. The van der Waals surface area contributed by atoms with Crippen molar-refractivity contribution in [2.75, 3.05) is 0 Å². The molecule has 0 bridgehead atoms. The molecule has 0 aliphatic rings. The average molecular weight is 209 g/mol. The van der Waals surface area contributed by atoms with Gasteiger partial charge < -0.3 is 5.73 Å². The van der Waals surface area contributed by atoms with Crippen LogP contribution in [-0.2, 0) is 12.5 Å². The fourth-order valence-corrected chi connectivity index (χ4v) is 1.99. The van der Waals surface area contributed by atoms with Crippen LogP contribution in [0.5, 0.6) is 0 Å². The van der Waals surface area contributed by atoms with Crippen LogP contribution in [0.1, 0.15) is 51.8 Å². The van der Waals surface area contributed by atoms with E-state index < -0.39 is 0 Å². The monoisotopic (exact) mass is 209 g/mol. The molecule has 3 nitrogen and oxygen atoms in total. The topological polar surface area (TPSA) is 43.8 Å². The van der Waals surface area contributed by atoms with Crippen LogP contribution >= 0.6 is 0 Å². The third kappa shape index (κ3) is 2.40. The van der Waals surface area contributed by atoms with Crippen LogP contribution in [0, 0.1) is 0 Å². The molecule has 0 spiro atoms. The lowest BCUT2D eigenvalue weighted by molar-refractivity contribution is 0.504. The molecule has 1 aromatic heterocycles. The van der Waals surface area contributed by atoms with Crippen molar-refractivity contribution in [3.05, 3.63) is 17.5 Å². The Kier molecular flexibility index (Phi) is 3.24. The molecule has 0 fully saturated rings. The molecule has 0 amide bonds. The fraction of sp³-hybridized carbons (Fsp3) is 0.750. The summed E-state index contributed by atoms with van der Waals surface area (Å²) in [6.07, 6.45) is 1.95. The van der Waals surface area contributed by atoms with Crippen molar-refractivity contribution < 1.29 is 0 Å². The normalized spacial score (nSPS) is 16.5. The molecule has 2 atom stereocenters. The predicted molar refractivity (Wildman–Crippen MR) is 64.0 cm³/mol. The first-order chi connectivity index (χ1) is 6.75. The third-order valence-electron chi connectivity index (χ3n) is 2.96. The Morgan fingerprint density at radius 2 is 1.87 bits per heavy atom. The molecule has 0 unspecified atom stereocenters. The van der Waals surface area contributed by atoms with Gasteiger partial charge >= 0.3 is 0 Å². The van der Waals surface area contributed by atoms with Crippen LogP contribution in [0.25, 0.3) is 0 Å². The van der Waals surface area contributed by atoms with Gasteiger partial charge in [0, 0.05) is 24.2 Å². The van der Waals surface area contributed by atoms with Gasteiger partial charge in [0.1, 0.15) is 0 Å². The summed E-state index contributed by atoms with van der Waals surface area (Å²) in [5, 5.41) is 4.35. The quantitative estimate of drug-likeness (QED) is 0.811. The lowest BCUT2D eigenvalue weighted by Crippen LogP contribution is -2.26. The van der Waals surface area contributed by atoms with Crippen molar-refractivity contribution in [2.24, 2.45) is 12.8 Å². The van der Waals surface area contributed by atoms with Crippen molar-refractivity contribution in [3.63, 3.8) is 0 Å². The van der Waals surface area contributed by atoms with Crippen LogP contribution in [-0.4, -0.2) is 15.8 Å². The smallest absolute Gasteiger partial charge is 0.0528 e. The standard InChI is InChI=1S/C12H23N3/c1-8(9(2)13)10-7-14-15(6)11(10)12(3,4)5/h7-9H,13H2,1-6H3/t8-,9-/m0/s1. The van der Waals surface area contributed by atoms with Crippen LogP contribution in [0.4, 0.5) is 0 Å². The molecule has 1 aromatic rings. The van der Waals surface area contributed by atoms with Gasteiger partial charge in [0.2, 0.25) is 0 Å². The highest BCUT2D eigenvalue weighted by Crippen LogP contribution is 2.30. The summed E-state index contributed by atoms with van der Waals surface area (Å²) in [7, 11) is 2.00. The Morgan fingerprint density at radius 1 is 1.33 bits per heavy atom. The van der Waals surface area contributed by atoms with E-state index in [9.17, 15) is 0 Å². The number of hydrogen-bond donors (Lipinski definition) is 1. The molecule has 1 rings (SSSR count). The minimum absolute atomic E-state index is 0.115. The number of aromatic nitrogens is 2. The molecule has 2 N–H and O–H groups in total. The van der Waals surface area contributed by atoms with E-state index in [-0.39, 0.29) is 11.5 Å². The summed E-state index contributed by atoms with van der Waals surface area (Å²) in [5.41, 5.74) is 8.63. The molecule has 3 heteroatoms. The van der Waals surface area contributed by atoms with Crippen molar-refractivity contribution >= 4 is 0 Å². The lowest BCUT2D eigenvalue weighted by atomic mass is 9.84. The number of nitrogens with two attached hydrogens (primary N) is 1. The van der Waals surface area contributed by atoms with E-state index in [0.717, 1.165) is 0 Å². The molecular weight excluding hydrogens is 186 g/mol. The minimum Gasteiger partial charge on any atom is -0.327 e. The fourth-order valence-electron chi connectivity index (χ4n) is 1.99. The van der Waals surface area contributed by atoms with Gasteiger partial charge in [0.15, 0.2) is 0 Å². The van der Waals surface area contributed by atoms with Crippen molar-refractivity contribution in [1.82, 2.24) is 9.78 Å². The first-order valence-electron chi connectivity index (χ1n) is 5.53. The Labute approximate surface area is 92.7 Å². The maximum atomic E-state index is 5.95. The highest BCUT2D eigenvalue weighted by molar-refractivity contribution is 5.28. The van der Waals surface area contributed by atoms with Gasteiger partial charge in [-0.2, -0.15) is 5.10 Å². The molecule has 1 heterocycles.